The Morgan fingerprint density at radius 3 is 2.68 bits per heavy atom. The standard InChI is InChI=1S/C19H14F2N2O2/c1-25-18-8-3-2-5-13(18)6-4-7-14(12-22)19(24)23-17-10-9-15(20)11-16(17)21/h2-11H,1H3,(H,23,24)/b6-4+,14-7+. The highest BCUT2D eigenvalue weighted by atomic mass is 19.1. The van der Waals surface area contributed by atoms with Crippen LogP contribution in [0, 0.1) is 23.0 Å². The van der Waals surface area contributed by atoms with Crippen LogP contribution in [-0.4, -0.2) is 13.0 Å². The minimum absolute atomic E-state index is 0.207. The molecule has 0 saturated carbocycles. The van der Waals surface area contributed by atoms with E-state index >= 15 is 0 Å². The van der Waals surface area contributed by atoms with Gasteiger partial charge in [-0.05, 0) is 24.3 Å². The molecular weight excluding hydrogens is 326 g/mol. The van der Waals surface area contributed by atoms with Crippen LogP contribution in [0.4, 0.5) is 14.5 Å². The molecule has 0 bridgehead atoms. The molecule has 0 radical (unpaired) electrons. The molecule has 0 aliphatic carbocycles. The second-order valence-electron chi connectivity index (χ2n) is 4.87. The molecule has 2 aromatic rings. The van der Waals surface area contributed by atoms with Gasteiger partial charge in [0.25, 0.3) is 5.91 Å². The molecule has 0 unspecified atom stereocenters. The fraction of sp³-hybridized carbons (Fsp3) is 0.0526. The van der Waals surface area contributed by atoms with Gasteiger partial charge in [-0.2, -0.15) is 5.26 Å². The molecule has 0 aromatic heterocycles. The van der Waals surface area contributed by atoms with Crippen LogP contribution < -0.4 is 10.1 Å². The summed E-state index contributed by atoms with van der Waals surface area (Å²) >= 11 is 0. The van der Waals surface area contributed by atoms with Crippen LogP contribution in [0.15, 0.2) is 60.2 Å². The van der Waals surface area contributed by atoms with Gasteiger partial charge in [0.2, 0.25) is 0 Å². The fourth-order valence-corrected chi connectivity index (χ4v) is 2.00. The molecule has 25 heavy (non-hydrogen) atoms. The third kappa shape index (κ3) is 4.75. The number of carbonyl (C=O) groups excluding carboxylic acids is 1. The van der Waals surface area contributed by atoms with Crippen molar-refractivity contribution < 1.29 is 18.3 Å². The normalized spacial score (nSPS) is 11.2. The number of methoxy groups -OCH3 is 1. The van der Waals surface area contributed by atoms with E-state index in [1.54, 1.807) is 18.2 Å². The van der Waals surface area contributed by atoms with Gasteiger partial charge < -0.3 is 10.1 Å². The topological polar surface area (TPSA) is 62.1 Å². The minimum Gasteiger partial charge on any atom is -0.496 e. The molecular formula is C19H14F2N2O2. The maximum Gasteiger partial charge on any atom is 0.266 e. The summed E-state index contributed by atoms with van der Waals surface area (Å²) in [5.74, 6) is -1.83. The average Bonchev–Trinajstić information content (AvgIpc) is 2.61. The molecule has 0 atom stereocenters. The second kappa shape index (κ2) is 8.41. The number of rotatable bonds is 5. The molecule has 0 heterocycles. The number of ether oxygens (including phenoxy) is 1. The number of nitrogens with zero attached hydrogens (tertiary/aromatic N) is 1. The van der Waals surface area contributed by atoms with Crippen molar-refractivity contribution in [2.45, 2.75) is 0 Å². The lowest BCUT2D eigenvalue weighted by Crippen LogP contribution is -2.14. The molecule has 2 aromatic carbocycles. The van der Waals surface area contributed by atoms with Crippen molar-refractivity contribution in [1.82, 2.24) is 0 Å². The summed E-state index contributed by atoms with van der Waals surface area (Å²) in [7, 11) is 1.54. The van der Waals surface area contributed by atoms with E-state index in [0.717, 1.165) is 17.7 Å². The Labute approximate surface area is 143 Å². The van der Waals surface area contributed by atoms with Crippen LogP contribution in [0.3, 0.4) is 0 Å². The first-order valence-electron chi connectivity index (χ1n) is 7.23. The molecule has 0 fully saturated rings. The molecule has 1 amide bonds. The average molecular weight is 340 g/mol. The van der Waals surface area contributed by atoms with Gasteiger partial charge in [0.15, 0.2) is 0 Å². The number of amides is 1. The lowest BCUT2D eigenvalue weighted by molar-refractivity contribution is -0.112. The predicted molar refractivity (Wildman–Crippen MR) is 90.7 cm³/mol. The summed E-state index contributed by atoms with van der Waals surface area (Å²) in [6.45, 7) is 0. The smallest absolute Gasteiger partial charge is 0.266 e. The van der Waals surface area contributed by atoms with Crippen molar-refractivity contribution in [2.75, 3.05) is 12.4 Å². The minimum atomic E-state index is -0.921. The fourth-order valence-electron chi connectivity index (χ4n) is 2.00. The van der Waals surface area contributed by atoms with Gasteiger partial charge in [-0.25, -0.2) is 8.78 Å². The zero-order chi connectivity index (χ0) is 18.2. The highest BCUT2D eigenvalue weighted by molar-refractivity contribution is 6.06. The van der Waals surface area contributed by atoms with Gasteiger partial charge in [-0.15, -0.1) is 0 Å². The molecule has 0 aliphatic rings. The summed E-state index contributed by atoms with van der Waals surface area (Å²) in [6, 6.07) is 11.7. The predicted octanol–water partition coefficient (Wildman–Crippen LogP) is 4.08. The Kier molecular flexibility index (Phi) is 6.02. The molecule has 1 N–H and O–H groups in total. The van der Waals surface area contributed by atoms with Gasteiger partial charge in [-0.1, -0.05) is 30.4 Å². The summed E-state index contributed by atoms with van der Waals surface area (Å²) in [5, 5.41) is 11.3. The maximum absolute atomic E-state index is 13.5. The van der Waals surface area contributed by atoms with Crippen LogP contribution in [0.5, 0.6) is 5.75 Å². The molecule has 126 valence electrons. The number of halogens is 2. The van der Waals surface area contributed by atoms with E-state index in [4.69, 9.17) is 10.00 Å². The van der Waals surface area contributed by atoms with Crippen LogP contribution in [0.2, 0.25) is 0 Å². The first-order valence-corrected chi connectivity index (χ1v) is 7.23. The molecule has 6 heteroatoms. The Morgan fingerprint density at radius 1 is 1.24 bits per heavy atom. The number of hydrogen-bond donors (Lipinski definition) is 1. The zero-order valence-electron chi connectivity index (χ0n) is 13.3. The van der Waals surface area contributed by atoms with E-state index in [2.05, 4.69) is 5.32 Å². The number of anilines is 1. The number of hydrogen-bond acceptors (Lipinski definition) is 3. The Morgan fingerprint density at radius 2 is 2.00 bits per heavy atom. The highest BCUT2D eigenvalue weighted by Gasteiger charge is 2.11. The lowest BCUT2D eigenvalue weighted by Gasteiger charge is -2.05. The van der Waals surface area contributed by atoms with E-state index in [0.29, 0.717) is 11.8 Å². The van der Waals surface area contributed by atoms with Crippen LogP contribution in [0.1, 0.15) is 5.56 Å². The number of nitrogens with one attached hydrogen (secondary N) is 1. The second-order valence-corrected chi connectivity index (χ2v) is 4.87. The quantitative estimate of drug-likeness (QED) is 0.507. The van der Waals surface area contributed by atoms with E-state index < -0.39 is 17.5 Å². The zero-order valence-corrected chi connectivity index (χ0v) is 13.3. The van der Waals surface area contributed by atoms with Gasteiger partial charge in [-0.3, -0.25) is 4.79 Å². The van der Waals surface area contributed by atoms with E-state index in [1.807, 2.05) is 18.2 Å². The number of benzene rings is 2. The monoisotopic (exact) mass is 340 g/mol. The first kappa shape index (κ1) is 17.9. The third-order valence-corrected chi connectivity index (χ3v) is 3.22. The molecule has 0 aliphatic heterocycles. The number of nitriles is 1. The molecule has 4 nitrogen and oxygen atoms in total. The van der Waals surface area contributed by atoms with Crippen molar-refractivity contribution >= 4 is 17.7 Å². The number of para-hydroxylation sites is 1. The van der Waals surface area contributed by atoms with Gasteiger partial charge in [0.1, 0.15) is 29.0 Å². The molecule has 0 spiro atoms. The summed E-state index contributed by atoms with van der Waals surface area (Å²) in [4.78, 5) is 12.0. The number of carbonyl (C=O) groups is 1. The van der Waals surface area contributed by atoms with Crippen molar-refractivity contribution in [2.24, 2.45) is 0 Å². The third-order valence-electron chi connectivity index (χ3n) is 3.22. The first-order chi connectivity index (χ1) is 12.0. The van der Waals surface area contributed by atoms with Crippen molar-refractivity contribution in [3.05, 3.63) is 77.4 Å². The lowest BCUT2D eigenvalue weighted by atomic mass is 10.1. The molecule has 2 rings (SSSR count). The summed E-state index contributed by atoms with van der Waals surface area (Å²) in [5.41, 5.74) is 0.333. The maximum atomic E-state index is 13.5. The SMILES string of the molecule is COc1ccccc1/C=C/C=C(\C#N)C(=O)Nc1ccc(F)cc1F. The largest absolute Gasteiger partial charge is 0.496 e. The van der Waals surface area contributed by atoms with Gasteiger partial charge in [0, 0.05) is 11.6 Å². The van der Waals surface area contributed by atoms with E-state index in [1.165, 1.54) is 19.3 Å². The summed E-state index contributed by atoms with van der Waals surface area (Å²) < 4.78 is 31.6. The van der Waals surface area contributed by atoms with E-state index in [9.17, 15) is 13.6 Å². The van der Waals surface area contributed by atoms with Gasteiger partial charge in [0.05, 0.1) is 12.8 Å². The number of allylic oxidation sites excluding steroid dienone is 2. The Bertz CT molecular complexity index is 883. The van der Waals surface area contributed by atoms with Crippen LogP contribution in [-0.2, 0) is 4.79 Å². The van der Waals surface area contributed by atoms with E-state index in [-0.39, 0.29) is 11.3 Å². The van der Waals surface area contributed by atoms with Crippen molar-refractivity contribution in [3.63, 3.8) is 0 Å². The highest BCUT2D eigenvalue weighted by Crippen LogP contribution is 2.19. The Hall–Kier alpha value is -3.46. The summed E-state index contributed by atoms with van der Waals surface area (Å²) in [6.07, 6.45) is 4.47. The van der Waals surface area contributed by atoms with Crippen molar-refractivity contribution in [3.8, 4) is 11.8 Å². The van der Waals surface area contributed by atoms with Gasteiger partial charge >= 0.3 is 0 Å². The van der Waals surface area contributed by atoms with Crippen LogP contribution >= 0.6 is 0 Å². The van der Waals surface area contributed by atoms with Crippen LogP contribution in [0.25, 0.3) is 6.08 Å². The molecule has 0 saturated heterocycles. The Balaban J connectivity index is 2.15. The van der Waals surface area contributed by atoms with Crippen molar-refractivity contribution in [1.29, 1.82) is 5.26 Å².